The Balaban J connectivity index is 1.80. The Morgan fingerprint density at radius 2 is 1.73 bits per heavy atom. The van der Waals surface area contributed by atoms with Crippen molar-refractivity contribution in [1.29, 1.82) is 0 Å². The molecular formula is C22H25NO3. The van der Waals surface area contributed by atoms with Crippen molar-refractivity contribution in [3.05, 3.63) is 71.3 Å². The Morgan fingerprint density at radius 3 is 2.38 bits per heavy atom. The average Bonchev–Trinajstić information content (AvgIpc) is 3.52. The third kappa shape index (κ3) is 3.79. The maximum Gasteiger partial charge on any atom is 0.318 e. The molecule has 4 nitrogen and oxygen atoms in total. The molecule has 1 atom stereocenters. The van der Waals surface area contributed by atoms with Gasteiger partial charge in [-0.15, -0.1) is 0 Å². The van der Waals surface area contributed by atoms with Crippen LogP contribution < -0.4 is 5.32 Å². The predicted molar refractivity (Wildman–Crippen MR) is 101 cm³/mol. The highest BCUT2D eigenvalue weighted by Gasteiger charge is 2.37. The van der Waals surface area contributed by atoms with Crippen LogP contribution in [0.25, 0.3) is 0 Å². The fourth-order valence-corrected chi connectivity index (χ4v) is 3.19. The van der Waals surface area contributed by atoms with Crippen molar-refractivity contribution in [2.24, 2.45) is 0 Å². The van der Waals surface area contributed by atoms with Gasteiger partial charge in [0.2, 0.25) is 0 Å². The zero-order valence-electron chi connectivity index (χ0n) is 15.3. The normalized spacial score (nSPS) is 15.8. The number of carbonyl (C=O) groups excluding carboxylic acids is 2. The van der Waals surface area contributed by atoms with E-state index in [-0.39, 0.29) is 18.4 Å². The first kappa shape index (κ1) is 18.2. The maximum atomic E-state index is 12.8. The fraction of sp³-hybridized carbons (Fsp3) is 0.364. The second-order valence-electron chi connectivity index (χ2n) is 6.96. The van der Waals surface area contributed by atoms with Gasteiger partial charge in [-0.3, -0.25) is 9.59 Å². The van der Waals surface area contributed by atoms with Crippen LogP contribution in [-0.4, -0.2) is 25.0 Å². The number of benzene rings is 2. The van der Waals surface area contributed by atoms with Gasteiger partial charge in [0.1, 0.15) is 5.41 Å². The van der Waals surface area contributed by atoms with Crippen LogP contribution >= 0.6 is 0 Å². The Bertz CT molecular complexity index is 783. The van der Waals surface area contributed by atoms with E-state index in [1.165, 1.54) is 0 Å². The third-order valence-electron chi connectivity index (χ3n) is 4.96. The molecule has 136 valence electrons. The average molecular weight is 351 g/mol. The molecule has 0 aromatic heterocycles. The molecule has 0 bridgehead atoms. The molecule has 0 radical (unpaired) electrons. The number of carbonyl (C=O) groups is 2. The SMILES string of the molecule is CCOC(=O)C(C)(CNC(=O)c1ccccc1C1CC1)c1ccccc1. The van der Waals surface area contributed by atoms with Crippen LogP contribution in [0.3, 0.4) is 0 Å². The van der Waals surface area contributed by atoms with E-state index >= 15 is 0 Å². The summed E-state index contributed by atoms with van der Waals surface area (Å²) in [5.41, 5.74) is 1.70. The molecule has 0 saturated heterocycles. The van der Waals surface area contributed by atoms with Crippen LogP contribution in [0.5, 0.6) is 0 Å². The molecule has 1 unspecified atom stereocenters. The van der Waals surface area contributed by atoms with E-state index < -0.39 is 5.41 Å². The summed E-state index contributed by atoms with van der Waals surface area (Å²) >= 11 is 0. The van der Waals surface area contributed by atoms with Gasteiger partial charge >= 0.3 is 5.97 Å². The van der Waals surface area contributed by atoms with E-state index in [9.17, 15) is 9.59 Å². The first-order valence-electron chi connectivity index (χ1n) is 9.16. The van der Waals surface area contributed by atoms with E-state index in [0.717, 1.165) is 24.0 Å². The molecule has 1 aliphatic carbocycles. The summed E-state index contributed by atoms with van der Waals surface area (Å²) in [4.78, 5) is 25.4. The summed E-state index contributed by atoms with van der Waals surface area (Å²) < 4.78 is 5.28. The number of rotatable bonds is 7. The lowest BCUT2D eigenvalue weighted by Gasteiger charge is -2.28. The van der Waals surface area contributed by atoms with Gasteiger partial charge < -0.3 is 10.1 Å². The molecule has 1 aliphatic rings. The summed E-state index contributed by atoms with van der Waals surface area (Å²) in [7, 11) is 0. The summed E-state index contributed by atoms with van der Waals surface area (Å²) in [5.74, 6) is 0.0171. The standard InChI is InChI=1S/C22H25NO3/c1-3-26-21(25)22(2,17-9-5-4-6-10-17)15-23-20(24)19-12-8-7-11-18(19)16-13-14-16/h4-12,16H,3,13-15H2,1-2H3,(H,23,24). The molecule has 2 aromatic carbocycles. The summed E-state index contributed by atoms with van der Waals surface area (Å²) in [5, 5.41) is 2.96. The van der Waals surface area contributed by atoms with Crippen LogP contribution in [0.2, 0.25) is 0 Å². The van der Waals surface area contributed by atoms with Crippen molar-refractivity contribution < 1.29 is 14.3 Å². The topological polar surface area (TPSA) is 55.4 Å². The van der Waals surface area contributed by atoms with Gasteiger partial charge in [-0.05, 0) is 49.8 Å². The molecule has 0 spiro atoms. The van der Waals surface area contributed by atoms with Crippen LogP contribution in [0.15, 0.2) is 54.6 Å². The smallest absolute Gasteiger partial charge is 0.318 e. The number of hydrogen-bond donors (Lipinski definition) is 1. The molecule has 1 amide bonds. The Morgan fingerprint density at radius 1 is 1.08 bits per heavy atom. The molecule has 4 heteroatoms. The van der Waals surface area contributed by atoms with Crippen LogP contribution in [0, 0.1) is 0 Å². The van der Waals surface area contributed by atoms with Crippen molar-refractivity contribution in [2.75, 3.05) is 13.2 Å². The number of hydrogen-bond acceptors (Lipinski definition) is 3. The highest BCUT2D eigenvalue weighted by Crippen LogP contribution is 2.41. The highest BCUT2D eigenvalue weighted by atomic mass is 16.5. The van der Waals surface area contributed by atoms with E-state index in [1.807, 2.05) is 61.5 Å². The number of nitrogens with one attached hydrogen (secondary N) is 1. The second kappa shape index (κ2) is 7.73. The number of esters is 1. The van der Waals surface area contributed by atoms with Crippen molar-refractivity contribution >= 4 is 11.9 Å². The molecule has 0 heterocycles. The summed E-state index contributed by atoms with van der Waals surface area (Å²) in [6, 6.07) is 17.2. The van der Waals surface area contributed by atoms with Gasteiger partial charge in [0.05, 0.1) is 6.61 Å². The third-order valence-corrected chi connectivity index (χ3v) is 4.96. The molecule has 26 heavy (non-hydrogen) atoms. The molecule has 2 aromatic rings. The molecular weight excluding hydrogens is 326 g/mol. The molecule has 1 saturated carbocycles. The van der Waals surface area contributed by atoms with Crippen LogP contribution in [0.4, 0.5) is 0 Å². The number of amides is 1. The lowest BCUT2D eigenvalue weighted by atomic mass is 9.82. The zero-order valence-corrected chi connectivity index (χ0v) is 15.3. The minimum Gasteiger partial charge on any atom is -0.465 e. The lowest BCUT2D eigenvalue weighted by Crippen LogP contribution is -2.45. The lowest BCUT2D eigenvalue weighted by molar-refractivity contribution is -0.149. The second-order valence-corrected chi connectivity index (χ2v) is 6.96. The van der Waals surface area contributed by atoms with E-state index in [1.54, 1.807) is 6.92 Å². The maximum absolute atomic E-state index is 12.8. The fourth-order valence-electron chi connectivity index (χ4n) is 3.19. The predicted octanol–water partition coefficient (Wildman–Crippen LogP) is 3.81. The molecule has 1 fully saturated rings. The first-order valence-corrected chi connectivity index (χ1v) is 9.16. The quantitative estimate of drug-likeness (QED) is 0.772. The van der Waals surface area contributed by atoms with E-state index in [0.29, 0.717) is 18.1 Å². The summed E-state index contributed by atoms with van der Waals surface area (Å²) in [6.45, 7) is 4.09. The zero-order chi connectivity index (χ0) is 18.6. The minimum absolute atomic E-state index is 0.140. The van der Waals surface area contributed by atoms with Gasteiger partial charge in [0, 0.05) is 12.1 Å². The minimum atomic E-state index is -0.929. The Labute approximate surface area is 154 Å². The Kier molecular flexibility index (Phi) is 5.40. The van der Waals surface area contributed by atoms with Crippen molar-refractivity contribution in [3.63, 3.8) is 0 Å². The Hall–Kier alpha value is -2.62. The highest BCUT2D eigenvalue weighted by molar-refractivity contribution is 5.96. The van der Waals surface area contributed by atoms with Crippen LogP contribution in [-0.2, 0) is 14.9 Å². The molecule has 1 N–H and O–H groups in total. The largest absolute Gasteiger partial charge is 0.465 e. The van der Waals surface area contributed by atoms with Crippen LogP contribution in [0.1, 0.15) is 54.1 Å². The van der Waals surface area contributed by atoms with E-state index in [2.05, 4.69) is 5.32 Å². The first-order chi connectivity index (χ1) is 12.6. The van der Waals surface area contributed by atoms with Crippen molar-refractivity contribution in [3.8, 4) is 0 Å². The van der Waals surface area contributed by atoms with Gasteiger partial charge in [0.25, 0.3) is 5.91 Å². The van der Waals surface area contributed by atoms with Gasteiger partial charge in [0.15, 0.2) is 0 Å². The van der Waals surface area contributed by atoms with Crippen molar-refractivity contribution in [1.82, 2.24) is 5.32 Å². The monoisotopic (exact) mass is 351 g/mol. The van der Waals surface area contributed by atoms with Gasteiger partial charge in [-0.2, -0.15) is 0 Å². The van der Waals surface area contributed by atoms with Crippen molar-refractivity contribution in [2.45, 2.75) is 38.0 Å². The molecule has 0 aliphatic heterocycles. The van der Waals surface area contributed by atoms with Gasteiger partial charge in [-0.1, -0.05) is 48.5 Å². The number of ether oxygens (including phenoxy) is 1. The summed E-state index contributed by atoms with van der Waals surface area (Å²) in [6.07, 6.45) is 2.27. The molecule has 3 rings (SSSR count). The van der Waals surface area contributed by atoms with Gasteiger partial charge in [-0.25, -0.2) is 0 Å². The van der Waals surface area contributed by atoms with E-state index in [4.69, 9.17) is 4.74 Å².